The molecule has 2 aromatic carbocycles. The number of carbonyl (C=O) groups is 3. The molecule has 0 fully saturated rings. The van der Waals surface area contributed by atoms with Gasteiger partial charge in [-0.25, -0.2) is 9.79 Å². The molecule has 1 amide bonds. The highest BCUT2D eigenvalue weighted by Crippen LogP contribution is 2.37. The summed E-state index contributed by atoms with van der Waals surface area (Å²) in [6.45, 7) is 8.79. The number of ether oxygens (including phenoxy) is 3. The minimum Gasteiger partial charge on any atom is -0.493 e. The molecule has 3 heterocycles. The molecule has 2 aliphatic rings. The minimum atomic E-state index is -0.948. The van der Waals surface area contributed by atoms with Crippen LogP contribution >= 0.6 is 11.3 Å². The average molecular weight is 574 g/mol. The van der Waals surface area contributed by atoms with Gasteiger partial charge in [-0.2, -0.15) is 0 Å². The number of carbonyl (C=O) groups excluding carboxylic acids is 3. The van der Waals surface area contributed by atoms with Crippen molar-refractivity contribution in [3.8, 4) is 11.5 Å². The summed E-state index contributed by atoms with van der Waals surface area (Å²) in [5.41, 5.74) is 2.16. The maximum Gasteiger partial charge on any atom is 0.338 e. The van der Waals surface area contributed by atoms with Crippen LogP contribution in [0.4, 0.5) is 5.69 Å². The summed E-state index contributed by atoms with van der Waals surface area (Å²) in [4.78, 5) is 59.2. The fourth-order valence-corrected chi connectivity index (χ4v) is 6.20. The van der Waals surface area contributed by atoms with Crippen LogP contribution in [-0.2, 0) is 19.1 Å². The molecule has 10 nitrogen and oxygen atoms in total. The van der Waals surface area contributed by atoms with Crippen LogP contribution in [0.2, 0.25) is 0 Å². The van der Waals surface area contributed by atoms with E-state index in [4.69, 9.17) is 14.2 Å². The van der Waals surface area contributed by atoms with E-state index >= 15 is 0 Å². The van der Waals surface area contributed by atoms with Crippen LogP contribution in [0.25, 0.3) is 5.57 Å². The van der Waals surface area contributed by atoms with E-state index in [9.17, 15) is 19.2 Å². The van der Waals surface area contributed by atoms with Crippen molar-refractivity contribution in [2.45, 2.75) is 26.8 Å². The molecule has 1 aromatic heterocycles. The maximum absolute atomic E-state index is 14.2. The molecule has 0 saturated heterocycles. The number of allylic oxidation sites excluding steroid dienone is 1. The fourth-order valence-electron chi connectivity index (χ4n) is 5.06. The van der Waals surface area contributed by atoms with Crippen LogP contribution in [0, 0.1) is 0 Å². The molecule has 0 radical (unpaired) electrons. The van der Waals surface area contributed by atoms with Gasteiger partial charge < -0.3 is 19.1 Å². The summed E-state index contributed by atoms with van der Waals surface area (Å²) in [5.74, 6) is -1.05. The van der Waals surface area contributed by atoms with Gasteiger partial charge in [-0.15, -0.1) is 6.58 Å². The lowest BCUT2D eigenvalue weighted by atomic mass is 9.95. The number of hydrogen-bond acceptors (Lipinski definition) is 9. The number of thiazole rings is 1. The molecule has 0 aliphatic carbocycles. The molecule has 3 aromatic rings. The van der Waals surface area contributed by atoms with Gasteiger partial charge in [0.25, 0.3) is 11.5 Å². The second kappa shape index (κ2) is 11.0. The van der Waals surface area contributed by atoms with E-state index in [1.807, 2.05) is 18.2 Å². The monoisotopic (exact) mass is 573 g/mol. The third-order valence-corrected chi connectivity index (χ3v) is 7.77. The van der Waals surface area contributed by atoms with Crippen LogP contribution in [0.5, 0.6) is 11.5 Å². The van der Waals surface area contributed by atoms with E-state index in [0.29, 0.717) is 27.3 Å². The van der Waals surface area contributed by atoms with E-state index in [2.05, 4.69) is 11.6 Å². The number of benzene rings is 2. The van der Waals surface area contributed by atoms with Gasteiger partial charge in [-0.1, -0.05) is 41.7 Å². The van der Waals surface area contributed by atoms with Gasteiger partial charge in [-0.3, -0.25) is 19.0 Å². The number of hydrogen-bond donors (Lipinski definition) is 0. The lowest BCUT2D eigenvalue weighted by Gasteiger charge is -2.25. The van der Waals surface area contributed by atoms with Crippen LogP contribution in [0.1, 0.15) is 37.9 Å². The van der Waals surface area contributed by atoms with Gasteiger partial charge in [0.1, 0.15) is 4.53 Å². The van der Waals surface area contributed by atoms with Crippen LogP contribution in [-0.4, -0.2) is 42.7 Å². The number of nitrogens with zero attached hydrogens (tertiary/aromatic N) is 3. The van der Waals surface area contributed by atoms with Gasteiger partial charge in [0.2, 0.25) is 0 Å². The zero-order chi connectivity index (χ0) is 29.4. The quantitative estimate of drug-likeness (QED) is 0.242. The molecular formula is C30H27N3O7S. The van der Waals surface area contributed by atoms with Crippen molar-refractivity contribution in [3.05, 3.63) is 97.2 Å². The number of anilines is 1. The Labute approximate surface area is 239 Å². The van der Waals surface area contributed by atoms with Gasteiger partial charge in [0.15, 0.2) is 16.3 Å². The van der Waals surface area contributed by atoms with E-state index < -0.39 is 23.5 Å². The molecule has 0 N–H and O–H groups in total. The first kappa shape index (κ1) is 27.8. The summed E-state index contributed by atoms with van der Waals surface area (Å²) < 4.78 is 17.7. The predicted octanol–water partition coefficient (Wildman–Crippen LogP) is 2.63. The molecule has 0 bridgehead atoms. The van der Waals surface area contributed by atoms with Crippen molar-refractivity contribution in [2.24, 2.45) is 4.99 Å². The molecule has 11 heteroatoms. The topological polar surface area (TPSA) is 117 Å². The lowest BCUT2D eigenvalue weighted by Crippen LogP contribution is -2.41. The smallest absolute Gasteiger partial charge is 0.338 e. The Bertz CT molecular complexity index is 1830. The van der Waals surface area contributed by atoms with Crippen LogP contribution in [0.15, 0.2) is 76.2 Å². The SMILES string of the molecule is C=CCN1C(=O)C(=c2sc3n(c2=O)[C@@H](c2ccc(OC(C)=O)c(OC)c2)C(C(=O)OCC)=C(C)N=3)c2ccccc21. The van der Waals surface area contributed by atoms with E-state index in [0.717, 1.165) is 11.3 Å². The Hall–Kier alpha value is -4.77. The maximum atomic E-state index is 14.2. The zero-order valence-electron chi connectivity index (χ0n) is 22.9. The molecule has 1 atom stereocenters. The van der Waals surface area contributed by atoms with E-state index in [1.54, 1.807) is 43.0 Å². The van der Waals surface area contributed by atoms with Crippen molar-refractivity contribution in [1.82, 2.24) is 4.57 Å². The first-order chi connectivity index (χ1) is 19.7. The number of esters is 2. The fraction of sp³-hybridized carbons (Fsp3) is 0.233. The summed E-state index contributed by atoms with van der Waals surface area (Å²) in [5, 5.41) is 0. The molecule has 210 valence electrons. The summed E-state index contributed by atoms with van der Waals surface area (Å²) >= 11 is 1.08. The number of methoxy groups -OCH3 is 1. The first-order valence-electron chi connectivity index (χ1n) is 12.8. The van der Waals surface area contributed by atoms with Gasteiger partial charge in [0, 0.05) is 19.0 Å². The number of fused-ring (bicyclic) bond motifs is 2. The third-order valence-electron chi connectivity index (χ3n) is 6.71. The normalized spacial score (nSPS) is 17.0. The highest BCUT2D eigenvalue weighted by atomic mass is 32.1. The predicted molar refractivity (Wildman–Crippen MR) is 153 cm³/mol. The van der Waals surface area contributed by atoms with Crippen LogP contribution < -0.4 is 29.3 Å². The Balaban J connectivity index is 1.80. The Morgan fingerprint density at radius 3 is 2.59 bits per heavy atom. The van der Waals surface area contributed by atoms with Crippen molar-refractivity contribution in [2.75, 3.05) is 25.2 Å². The average Bonchev–Trinajstić information content (AvgIpc) is 3.40. The first-order valence-corrected chi connectivity index (χ1v) is 13.6. The molecular weight excluding hydrogens is 546 g/mol. The third kappa shape index (κ3) is 4.67. The highest BCUT2D eigenvalue weighted by Gasteiger charge is 2.37. The summed E-state index contributed by atoms with van der Waals surface area (Å²) in [6, 6.07) is 11.1. The standard InChI is InChI=1S/C30H27N3O7S/c1-6-14-32-20-11-9-8-10-19(20)24(27(32)35)26-28(36)33-25(18-12-13-21(40-17(4)34)22(15-18)38-5)23(29(37)39-7-2)16(3)31-30(33)41-26/h6,8-13,15,25H,1,7,14H2,2-5H3/t25-/m0/s1. The second-order valence-electron chi connectivity index (χ2n) is 9.22. The molecule has 5 rings (SSSR count). The Morgan fingerprint density at radius 2 is 1.90 bits per heavy atom. The van der Waals surface area contributed by atoms with E-state index in [1.165, 1.54) is 24.7 Å². The van der Waals surface area contributed by atoms with Gasteiger partial charge in [0.05, 0.1) is 42.3 Å². The van der Waals surface area contributed by atoms with Crippen molar-refractivity contribution in [1.29, 1.82) is 0 Å². The molecule has 41 heavy (non-hydrogen) atoms. The number of rotatable bonds is 7. The largest absolute Gasteiger partial charge is 0.493 e. The van der Waals surface area contributed by atoms with Crippen LogP contribution in [0.3, 0.4) is 0 Å². The minimum absolute atomic E-state index is 0.121. The Kier molecular flexibility index (Phi) is 7.46. The second-order valence-corrected chi connectivity index (χ2v) is 10.2. The van der Waals surface area contributed by atoms with Crippen molar-refractivity contribution in [3.63, 3.8) is 0 Å². The van der Waals surface area contributed by atoms with Crippen molar-refractivity contribution >= 4 is 40.4 Å². The number of amides is 1. The Morgan fingerprint density at radius 1 is 1.15 bits per heavy atom. The summed E-state index contributed by atoms with van der Waals surface area (Å²) in [6.07, 6.45) is 1.63. The molecule has 2 aliphatic heterocycles. The zero-order valence-corrected chi connectivity index (χ0v) is 23.7. The highest BCUT2D eigenvalue weighted by molar-refractivity contribution is 7.07. The number of para-hydroxylation sites is 1. The van der Waals surface area contributed by atoms with Gasteiger partial charge >= 0.3 is 11.9 Å². The van der Waals surface area contributed by atoms with Gasteiger partial charge in [-0.05, 0) is 37.6 Å². The van der Waals surface area contributed by atoms with Crippen molar-refractivity contribution < 1.29 is 28.6 Å². The molecule has 0 unspecified atom stereocenters. The summed E-state index contributed by atoms with van der Waals surface area (Å²) in [7, 11) is 1.42. The molecule has 0 spiro atoms. The number of aromatic nitrogens is 1. The lowest BCUT2D eigenvalue weighted by molar-refractivity contribution is -0.139. The van der Waals surface area contributed by atoms with E-state index in [-0.39, 0.29) is 46.2 Å². The molecule has 0 saturated carbocycles.